The van der Waals surface area contributed by atoms with Gasteiger partial charge < -0.3 is 15.6 Å². The number of hydrogen-bond donors (Lipinski definition) is 2. The third-order valence-electron chi connectivity index (χ3n) is 13.7. The average molecular weight is 578 g/mol. The Morgan fingerprint density at radius 2 is 1.60 bits per heavy atom. The lowest BCUT2D eigenvalue weighted by Crippen LogP contribution is -2.67. The first kappa shape index (κ1) is 31.5. The summed E-state index contributed by atoms with van der Waals surface area (Å²) in [5.41, 5.74) is 5.60. The predicted molar refractivity (Wildman–Crippen MR) is 158 cm³/mol. The van der Waals surface area contributed by atoms with Gasteiger partial charge in [-0.1, -0.05) is 47.1 Å². The van der Waals surface area contributed by atoms with E-state index in [0.717, 1.165) is 44.9 Å². The molecule has 0 heterocycles. The van der Waals surface area contributed by atoms with E-state index < -0.39 is 17.4 Å². The molecule has 0 aliphatic heterocycles. The first-order valence-electron chi connectivity index (χ1n) is 15.3. The van der Waals surface area contributed by atoms with Crippen molar-refractivity contribution in [2.45, 2.75) is 125 Å². The van der Waals surface area contributed by atoms with Gasteiger partial charge in [0.05, 0.1) is 5.41 Å². The van der Waals surface area contributed by atoms with Crippen LogP contribution in [0.2, 0.25) is 0 Å². The summed E-state index contributed by atoms with van der Waals surface area (Å²) >= 11 is 0. The molecule has 4 fully saturated rings. The van der Waals surface area contributed by atoms with Crippen molar-refractivity contribution in [1.82, 2.24) is 0 Å². The van der Waals surface area contributed by atoms with Crippen LogP contribution in [0.4, 0.5) is 0 Å². The molecule has 0 radical (unpaired) electrons. The topological polar surface area (TPSA) is 107 Å². The number of aliphatic carboxylic acids is 1. The Hall–Kier alpha value is -1.40. The molecule has 40 heavy (non-hydrogen) atoms. The van der Waals surface area contributed by atoms with Gasteiger partial charge >= 0.3 is 11.9 Å². The molecule has 10 atom stereocenters. The first-order valence-corrected chi connectivity index (χ1v) is 15.3. The summed E-state index contributed by atoms with van der Waals surface area (Å²) in [6.07, 6.45) is 9.69. The molecule has 226 valence electrons. The van der Waals surface area contributed by atoms with Gasteiger partial charge in [0.25, 0.3) is 0 Å². The third kappa shape index (κ3) is 4.08. The van der Waals surface area contributed by atoms with E-state index in [1.807, 2.05) is 13.0 Å². The van der Waals surface area contributed by atoms with Crippen LogP contribution in [0.1, 0.15) is 113 Å². The van der Waals surface area contributed by atoms with Gasteiger partial charge in [-0.15, -0.1) is 12.4 Å². The molecule has 0 aromatic carbocycles. The zero-order valence-electron chi connectivity index (χ0n) is 25.9. The number of halogens is 1. The Morgan fingerprint density at radius 3 is 2.20 bits per heavy atom. The Labute approximate surface area is 247 Å². The number of allylic oxidation sites excluding steroid dienone is 2. The smallest absolute Gasteiger partial charge is 0.322 e. The highest BCUT2D eigenvalue weighted by Crippen LogP contribution is 2.75. The van der Waals surface area contributed by atoms with Crippen LogP contribution in [0.25, 0.3) is 0 Å². The number of esters is 1. The second-order valence-electron chi connectivity index (χ2n) is 16.1. The van der Waals surface area contributed by atoms with E-state index in [1.165, 1.54) is 5.57 Å². The van der Waals surface area contributed by atoms with Crippen molar-refractivity contribution in [2.75, 3.05) is 0 Å². The molecule has 5 aliphatic rings. The molecule has 6 nitrogen and oxygen atoms in total. The molecule has 7 heteroatoms. The molecule has 0 aromatic rings. The quantitative estimate of drug-likeness (QED) is 0.360. The van der Waals surface area contributed by atoms with Gasteiger partial charge in [-0.25, -0.2) is 0 Å². The van der Waals surface area contributed by atoms with E-state index in [2.05, 4.69) is 41.5 Å². The minimum atomic E-state index is -0.741. The number of ketones is 1. The molecule has 4 saturated carbocycles. The molecule has 0 bridgehead atoms. The van der Waals surface area contributed by atoms with Gasteiger partial charge in [-0.05, 0) is 111 Å². The summed E-state index contributed by atoms with van der Waals surface area (Å²) in [7, 11) is 0. The molecule has 0 spiro atoms. The molecule has 5 rings (SSSR count). The van der Waals surface area contributed by atoms with Gasteiger partial charge in [-0.3, -0.25) is 14.4 Å². The Balaban J connectivity index is 0.00000370. The highest BCUT2D eigenvalue weighted by atomic mass is 35.5. The number of carboxylic acid groups (broad SMARTS) is 1. The molecule has 3 N–H and O–H groups in total. The zero-order chi connectivity index (χ0) is 29.0. The first-order chi connectivity index (χ1) is 17.9. The van der Waals surface area contributed by atoms with Crippen LogP contribution in [-0.4, -0.2) is 35.0 Å². The second kappa shape index (κ2) is 9.56. The SMILES string of the molecule is C[C@H](N)C(=O)O[C@H]1CC[C@]2(C)[C@H]3C(=O)C=C4[C@@H]5C[C@@](C)(C(=O)O)CC[C@]5(C)CC[C@@]4(C)[C@]3(C)CC[C@H]2C1(C)C.Cl. The van der Waals surface area contributed by atoms with Gasteiger partial charge in [-0.2, -0.15) is 0 Å². The second-order valence-corrected chi connectivity index (χ2v) is 16.1. The lowest BCUT2D eigenvalue weighted by atomic mass is 9.33. The standard InChI is InChI=1S/C33H51NO5.ClH/c1-19(34)26(36)39-24-10-11-31(6)23(28(24,2)3)9-12-33(8)25(31)22(35)17-20-21-18-30(5,27(37)38)14-13-29(21,4)15-16-32(20,33)7;/h17,19,21,23-25H,9-16,18,34H2,1-8H3,(H,37,38);1H/t19-,21-,23-,24-,25+,29+,30-,31-,32+,33+;/m0./s1. The summed E-state index contributed by atoms with van der Waals surface area (Å²) in [6, 6.07) is -0.646. The van der Waals surface area contributed by atoms with Gasteiger partial charge in [0, 0.05) is 11.3 Å². The molecule has 0 aromatic heterocycles. The van der Waals surface area contributed by atoms with Crippen LogP contribution in [0.3, 0.4) is 0 Å². The fourth-order valence-electron chi connectivity index (χ4n) is 10.8. The van der Waals surface area contributed by atoms with Crippen LogP contribution in [-0.2, 0) is 19.1 Å². The van der Waals surface area contributed by atoms with Crippen LogP contribution < -0.4 is 5.73 Å². The van der Waals surface area contributed by atoms with Gasteiger partial charge in [0.1, 0.15) is 12.1 Å². The highest BCUT2D eigenvalue weighted by molar-refractivity contribution is 5.95. The maximum absolute atomic E-state index is 14.4. The fraction of sp³-hybridized carbons (Fsp3) is 0.848. The number of carboxylic acids is 1. The van der Waals surface area contributed by atoms with E-state index >= 15 is 0 Å². The van der Waals surface area contributed by atoms with Crippen molar-refractivity contribution in [3.63, 3.8) is 0 Å². The highest BCUT2D eigenvalue weighted by Gasteiger charge is 2.70. The Morgan fingerprint density at radius 1 is 0.975 bits per heavy atom. The lowest BCUT2D eigenvalue weighted by molar-refractivity contribution is -0.211. The fourth-order valence-corrected chi connectivity index (χ4v) is 10.8. The van der Waals surface area contributed by atoms with Crippen molar-refractivity contribution >= 4 is 30.1 Å². The predicted octanol–water partition coefficient (Wildman–Crippen LogP) is 6.73. The van der Waals surface area contributed by atoms with Crippen molar-refractivity contribution in [3.8, 4) is 0 Å². The van der Waals surface area contributed by atoms with E-state index in [1.54, 1.807) is 6.92 Å². The minimum absolute atomic E-state index is 0. The minimum Gasteiger partial charge on any atom is -0.481 e. The summed E-state index contributed by atoms with van der Waals surface area (Å²) in [6.45, 7) is 17.4. The molecule has 0 amide bonds. The maximum Gasteiger partial charge on any atom is 0.322 e. The average Bonchev–Trinajstić information content (AvgIpc) is 2.83. The van der Waals surface area contributed by atoms with E-state index in [0.29, 0.717) is 12.8 Å². The molecular formula is C33H52ClNO5. The maximum atomic E-state index is 14.4. The van der Waals surface area contributed by atoms with E-state index in [4.69, 9.17) is 10.5 Å². The Bertz CT molecular complexity index is 1130. The molecule has 5 aliphatic carbocycles. The number of carbonyl (C=O) groups is 3. The van der Waals surface area contributed by atoms with Crippen molar-refractivity contribution in [1.29, 1.82) is 0 Å². The number of ether oxygens (including phenoxy) is 1. The van der Waals surface area contributed by atoms with Crippen molar-refractivity contribution in [3.05, 3.63) is 11.6 Å². The van der Waals surface area contributed by atoms with Crippen LogP contribution in [0.15, 0.2) is 11.6 Å². The summed E-state index contributed by atoms with van der Waals surface area (Å²) < 4.78 is 5.96. The van der Waals surface area contributed by atoms with Gasteiger partial charge in [0.2, 0.25) is 0 Å². The zero-order valence-corrected chi connectivity index (χ0v) is 26.7. The van der Waals surface area contributed by atoms with Crippen molar-refractivity contribution in [2.24, 2.45) is 56.0 Å². The molecular weight excluding hydrogens is 526 g/mol. The molecule has 0 saturated heterocycles. The number of hydrogen-bond acceptors (Lipinski definition) is 5. The number of nitrogens with two attached hydrogens (primary N) is 1. The van der Waals surface area contributed by atoms with Gasteiger partial charge in [0.15, 0.2) is 5.78 Å². The largest absolute Gasteiger partial charge is 0.481 e. The van der Waals surface area contributed by atoms with E-state index in [-0.39, 0.29) is 75.1 Å². The number of carbonyl (C=O) groups excluding carboxylic acids is 2. The summed E-state index contributed by atoms with van der Waals surface area (Å²) in [5.74, 6) is -0.531. The van der Waals surface area contributed by atoms with E-state index in [9.17, 15) is 19.5 Å². The van der Waals surface area contributed by atoms with Crippen LogP contribution in [0.5, 0.6) is 0 Å². The Kier molecular flexibility index (Phi) is 7.53. The summed E-state index contributed by atoms with van der Waals surface area (Å²) in [5, 5.41) is 10.1. The normalized spacial score (nSPS) is 48.1. The van der Waals surface area contributed by atoms with Crippen LogP contribution in [0, 0.1) is 50.2 Å². The monoisotopic (exact) mass is 577 g/mol. The molecule has 0 unspecified atom stereocenters. The van der Waals surface area contributed by atoms with Crippen molar-refractivity contribution < 1.29 is 24.2 Å². The summed E-state index contributed by atoms with van der Waals surface area (Å²) in [4.78, 5) is 39.2. The number of rotatable bonds is 3. The lowest BCUT2D eigenvalue weighted by Gasteiger charge is -2.70. The third-order valence-corrected chi connectivity index (χ3v) is 13.7. The van der Waals surface area contributed by atoms with Crippen LogP contribution >= 0.6 is 12.4 Å². The number of fused-ring (bicyclic) bond motifs is 7.